The highest BCUT2D eigenvalue weighted by atomic mass is 19.1. The summed E-state index contributed by atoms with van der Waals surface area (Å²) in [6.45, 7) is 1.72. The van der Waals surface area contributed by atoms with Crippen molar-refractivity contribution in [3.8, 4) is 11.5 Å². The second-order valence-corrected chi connectivity index (χ2v) is 9.91. The highest BCUT2D eigenvalue weighted by Gasteiger charge is 2.54. The molecule has 2 fully saturated rings. The molecule has 0 unspecified atom stereocenters. The lowest BCUT2D eigenvalue weighted by Gasteiger charge is -2.44. The standard InChI is InChI=1S/C28H35FN4O6/c1-31(2)16-13-30-25(34)22-18-39-28(33(22)27(36)19-5-8-21(29)9-6-19)11-14-32(15-12-28)26(35)20-7-10-23(37-3)24(17-20)38-4/h5-10,17,22H,11-16,18H2,1-4H3,(H,30,34)/t22-/m1/s1. The van der Waals surface area contributed by atoms with Crippen molar-refractivity contribution in [1.29, 1.82) is 0 Å². The van der Waals surface area contributed by atoms with E-state index in [4.69, 9.17) is 14.2 Å². The highest BCUT2D eigenvalue weighted by molar-refractivity contribution is 5.98. The fraction of sp³-hybridized carbons (Fsp3) is 0.464. The van der Waals surface area contributed by atoms with Crippen LogP contribution < -0.4 is 14.8 Å². The van der Waals surface area contributed by atoms with E-state index in [0.717, 1.165) is 0 Å². The van der Waals surface area contributed by atoms with Crippen molar-refractivity contribution < 1.29 is 33.0 Å². The molecule has 0 aromatic heterocycles. The molecule has 210 valence electrons. The molecule has 11 heteroatoms. The quantitative estimate of drug-likeness (QED) is 0.545. The van der Waals surface area contributed by atoms with Crippen LogP contribution in [-0.4, -0.2) is 105 Å². The van der Waals surface area contributed by atoms with Gasteiger partial charge >= 0.3 is 0 Å². The van der Waals surface area contributed by atoms with Crippen LogP contribution in [0.5, 0.6) is 11.5 Å². The molecule has 2 saturated heterocycles. The maximum atomic E-state index is 13.7. The van der Waals surface area contributed by atoms with Gasteiger partial charge in [0.2, 0.25) is 5.91 Å². The van der Waals surface area contributed by atoms with Gasteiger partial charge in [-0.25, -0.2) is 4.39 Å². The molecule has 1 N–H and O–H groups in total. The number of benzene rings is 2. The summed E-state index contributed by atoms with van der Waals surface area (Å²) < 4.78 is 30.4. The van der Waals surface area contributed by atoms with Crippen LogP contribution in [0.4, 0.5) is 4.39 Å². The number of nitrogens with one attached hydrogen (secondary N) is 1. The van der Waals surface area contributed by atoms with Gasteiger partial charge in [0.25, 0.3) is 11.8 Å². The fourth-order valence-corrected chi connectivity index (χ4v) is 5.03. The van der Waals surface area contributed by atoms with Crippen molar-refractivity contribution in [3.05, 3.63) is 59.4 Å². The van der Waals surface area contributed by atoms with Gasteiger partial charge in [-0.3, -0.25) is 19.3 Å². The first kappa shape index (κ1) is 28.3. The van der Waals surface area contributed by atoms with E-state index in [1.165, 1.54) is 43.4 Å². The van der Waals surface area contributed by atoms with Crippen molar-refractivity contribution in [3.63, 3.8) is 0 Å². The number of hydrogen-bond donors (Lipinski definition) is 1. The smallest absolute Gasteiger partial charge is 0.256 e. The van der Waals surface area contributed by atoms with Gasteiger partial charge in [0.05, 0.1) is 20.8 Å². The Hall–Kier alpha value is -3.70. The molecule has 4 rings (SSSR count). The number of carbonyl (C=O) groups excluding carboxylic acids is 3. The molecule has 0 bridgehead atoms. The number of likely N-dealkylation sites (tertiary alicyclic amines) is 1. The summed E-state index contributed by atoms with van der Waals surface area (Å²) in [5, 5.41) is 2.89. The second kappa shape index (κ2) is 12.0. The van der Waals surface area contributed by atoms with E-state index in [1.807, 2.05) is 19.0 Å². The van der Waals surface area contributed by atoms with Crippen LogP contribution in [0.15, 0.2) is 42.5 Å². The van der Waals surface area contributed by atoms with Crippen LogP contribution in [0.1, 0.15) is 33.6 Å². The lowest BCUT2D eigenvalue weighted by Crippen LogP contribution is -2.60. The minimum atomic E-state index is -1.07. The summed E-state index contributed by atoms with van der Waals surface area (Å²) in [4.78, 5) is 45.3. The molecule has 2 aromatic carbocycles. The first-order valence-corrected chi connectivity index (χ1v) is 12.9. The van der Waals surface area contributed by atoms with Gasteiger partial charge in [-0.15, -0.1) is 0 Å². The summed E-state index contributed by atoms with van der Waals surface area (Å²) >= 11 is 0. The summed E-state index contributed by atoms with van der Waals surface area (Å²) in [7, 11) is 6.84. The molecule has 1 atom stereocenters. The van der Waals surface area contributed by atoms with Crippen LogP contribution >= 0.6 is 0 Å². The molecule has 2 heterocycles. The Balaban J connectivity index is 1.54. The molecule has 0 aliphatic carbocycles. The van der Waals surface area contributed by atoms with E-state index in [9.17, 15) is 18.8 Å². The predicted molar refractivity (Wildman–Crippen MR) is 141 cm³/mol. The molecular formula is C28H35FN4O6. The third-order valence-corrected chi connectivity index (χ3v) is 7.19. The molecule has 0 radical (unpaired) electrons. The number of rotatable bonds is 8. The van der Waals surface area contributed by atoms with E-state index in [2.05, 4.69) is 5.32 Å². The molecule has 2 aliphatic rings. The van der Waals surface area contributed by atoms with Crippen LogP contribution in [0.25, 0.3) is 0 Å². The zero-order valence-electron chi connectivity index (χ0n) is 22.7. The number of likely N-dealkylation sites (N-methyl/N-ethyl adjacent to an activating group) is 1. The number of hydrogen-bond acceptors (Lipinski definition) is 7. The normalized spacial score (nSPS) is 18.4. The minimum absolute atomic E-state index is 0.0321. The Morgan fingerprint density at radius 3 is 2.26 bits per heavy atom. The van der Waals surface area contributed by atoms with Crippen molar-refractivity contribution in [2.75, 3.05) is 61.1 Å². The van der Waals surface area contributed by atoms with Crippen LogP contribution in [-0.2, 0) is 9.53 Å². The van der Waals surface area contributed by atoms with E-state index < -0.39 is 23.5 Å². The average molecular weight is 543 g/mol. The fourth-order valence-electron chi connectivity index (χ4n) is 5.03. The van der Waals surface area contributed by atoms with Crippen LogP contribution in [0.3, 0.4) is 0 Å². The lowest BCUT2D eigenvalue weighted by atomic mass is 9.96. The molecular weight excluding hydrogens is 507 g/mol. The number of amides is 3. The van der Waals surface area contributed by atoms with Crippen LogP contribution in [0.2, 0.25) is 0 Å². The first-order valence-electron chi connectivity index (χ1n) is 12.9. The third kappa shape index (κ3) is 5.99. The Morgan fingerprint density at radius 2 is 1.64 bits per heavy atom. The maximum absolute atomic E-state index is 13.7. The van der Waals surface area contributed by atoms with Gasteiger partial charge in [-0.05, 0) is 56.6 Å². The maximum Gasteiger partial charge on any atom is 0.256 e. The van der Waals surface area contributed by atoms with Gasteiger partial charge in [0.1, 0.15) is 17.6 Å². The lowest BCUT2D eigenvalue weighted by molar-refractivity contribution is -0.128. The number of carbonyl (C=O) groups is 3. The molecule has 39 heavy (non-hydrogen) atoms. The molecule has 10 nitrogen and oxygen atoms in total. The van der Waals surface area contributed by atoms with Gasteiger partial charge in [0, 0.05) is 50.1 Å². The monoisotopic (exact) mass is 542 g/mol. The van der Waals surface area contributed by atoms with Gasteiger partial charge in [0.15, 0.2) is 11.5 Å². The third-order valence-electron chi connectivity index (χ3n) is 7.19. The Morgan fingerprint density at radius 1 is 1.00 bits per heavy atom. The summed E-state index contributed by atoms with van der Waals surface area (Å²) in [6.07, 6.45) is 0.640. The summed E-state index contributed by atoms with van der Waals surface area (Å²) in [6, 6.07) is 9.38. The molecule has 1 spiro atoms. The summed E-state index contributed by atoms with van der Waals surface area (Å²) in [5.41, 5.74) is -0.354. The number of methoxy groups -OCH3 is 2. The largest absolute Gasteiger partial charge is 0.493 e. The van der Waals surface area contributed by atoms with Crippen molar-refractivity contribution in [1.82, 2.24) is 20.0 Å². The minimum Gasteiger partial charge on any atom is -0.493 e. The zero-order valence-corrected chi connectivity index (χ0v) is 22.7. The van der Waals surface area contributed by atoms with Gasteiger partial charge in [-0.2, -0.15) is 0 Å². The number of ether oxygens (including phenoxy) is 3. The Labute approximate surface area is 227 Å². The van der Waals surface area contributed by atoms with Crippen molar-refractivity contribution in [2.45, 2.75) is 24.6 Å². The zero-order chi connectivity index (χ0) is 28.2. The van der Waals surface area contributed by atoms with E-state index in [-0.39, 0.29) is 24.0 Å². The molecule has 3 amide bonds. The Kier molecular flexibility index (Phi) is 8.71. The van der Waals surface area contributed by atoms with Crippen molar-refractivity contribution in [2.24, 2.45) is 0 Å². The highest BCUT2D eigenvalue weighted by Crippen LogP contribution is 2.39. The topological polar surface area (TPSA) is 101 Å². The van der Waals surface area contributed by atoms with Gasteiger partial charge < -0.3 is 29.3 Å². The van der Waals surface area contributed by atoms with E-state index in [0.29, 0.717) is 56.1 Å². The number of nitrogens with zero attached hydrogens (tertiary/aromatic N) is 3. The first-order chi connectivity index (χ1) is 18.7. The van der Waals surface area contributed by atoms with Crippen molar-refractivity contribution >= 4 is 17.7 Å². The molecule has 2 aliphatic heterocycles. The van der Waals surface area contributed by atoms with E-state index in [1.54, 1.807) is 23.1 Å². The second-order valence-electron chi connectivity index (χ2n) is 9.91. The summed E-state index contributed by atoms with van der Waals surface area (Å²) in [5.74, 6) is -0.393. The SMILES string of the molecule is COc1ccc(C(=O)N2CCC3(CC2)OC[C@H](C(=O)NCCN(C)C)N3C(=O)c2ccc(F)cc2)cc1OC. The Bertz CT molecular complexity index is 1200. The number of halogens is 1. The van der Waals surface area contributed by atoms with E-state index >= 15 is 0 Å². The average Bonchev–Trinajstić information content (AvgIpc) is 3.30. The molecule has 2 aromatic rings. The molecule has 0 saturated carbocycles. The predicted octanol–water partition coefficient (Wildman–Crippen LogP) is 1.99. The van der Waals surface area contributed by atoms with Crippen LogP contribution in [0, 0.1) is 5.82 Å². The number of piperidine rings is 1. The van der Waals surface area contributed by atoms with Gasteiger partial charge in [-0.1, -0.05) is 0 Å².